The molecule has 1 amide bonds. The van der Waals surface area contributed by atoms with E-state index < -0.39 is 0 Å². The van der Waals surface area contributed by atoms with E-state index in [0.717, 1.165) is 22.6 Å². The van der Waals surface area contributed by atoms with Crippen molar-refractivity contribution < 1.29 is 4.79 Å². The van der Waals surface area contributed by atoms with Crippen LogP contribution in [0.3, 0.4) is 0 Å². The van der Waals surface area contributed by atoms with Gasteiger partial charge in [0.05, 0.1) is 12.3 Å². The van der Waals surface area contributed by atoms with Crippen LogP contribution in [0.25, 0.3) is 11.4 Å². The van der Waals surface area contributed by atoms with Crippen LogP contribution in [-0.4, -0.2) is 26.4 Å². The molecular formula is C24H21ClN4OS. The maximum Gasteiger partial charge on any atom is 0.237 e. The van der Waals surface area contributed by atoms with Crippen molar-refractivity contribution in [3.05, 3.63) is 95.5 Å². The van der Waals surface area contributed by atoms with Crippen LogP contribution in [0.15, 0.2) is 90.1 Å². The minimum atomic E-state index is 0.0103. The molecule has 156 valence electrons. The van der Waals surface area contributed by atoms with Crippen LogP contribution >= 0.6 is 23.4 Å². The van der Waals surface area contributed by atoms with E-state index in [1.807, 2.05) is 96.5 Å². The third kappa shape index (κ3) is 5.16. The largest absolute Gasteiger partial charge is 0.307 e. The third-order valence-corrected chi connectivity index (χ3v) is 6.07. The Balaban J connectivity index is 1.50. The van der Waals surface area contributed by atoms with Crippen LogP contribution < -0.4 is 4.90 Å². The standard InChI is InChI=1S/C24H21ClN4OS/c1-28-23(19-12-14-20(25)15-13-19)26-27-24(28)31-17-22(30)29(21-10-6-3-7-11-21)16-18-8-4-2-5-9-18/h2-15H,16-17H2,1H3. The van der Waals surface area contributed by atoms with Gasteiger partial charge in [-0.1, -0.05) is 71.9 Å². The van der Waals surface area contributed by atoms with Crippen LogP contribution in [0.2, 0.25) is 5.02 Å². The highest BCUT2D eigenvalue weighted by atomic mass is 35.5. The smallest absolute Gasteiger partial charge is 0.237 e. The zero-order chi connectivity index (χ0) is 21.6. The first-order valence-electron chi connectivity index (χ1n) is 9.79. The van der Waals surface area contributed by atoms with Crippen LogP contribution in [0.5, 0.6) is 0 Å². The molecule has 1 heterocycles. The van der Waals surface area contributed by atoms with Gasteiger partial charge in [-0.25, -0.2) is 0 Å². The fourth-order valence-corrected chi connectivity index (χ4v) is 4.11. The molecule has 0 bridgehead atoms. The predicted molar refractivity (Wildman–Crippen MR) is 126 cm³/mol. The summed E-state index contributed by atoms with van der Waals surface area (Å²) in [6.45, 7) is 0.513. The van der Waals surface area contributed by atoms with Gasteiger partial charge in [0.1, 0.15) is 0 Å². The fraction of sp³-hybridized carbons (Fsp3) is 0.125. The molecule has 4 aromatic rings. The van der Waals surface area contributed by atoms with Gasteiger partial charge in [-0.05, 0) is 42.0 Å². The monoisotopic (exact) mass is 448 g/mol. The molecule has 4 rings (SSSR count). The summed E-state index contributed by atoms with van der Waals surface area (Å²) in [5, 5.41) is 9.92. The van der Waals surface area contributed by atoms with Gasteiger partial charge < -0.3 is 9.47 Å². The Morgan fingerprint density at radius 3 is 2.26 bits per heavy atom. The minimum Gasteiger partial charge on any atom is -0.307 e. The van der Waals surface area contributed by atoms with Crippen molar-refractivity contribution in [2.24, 2.45) is 7.05 Å². The van der Waals surface area contributed by atoms with E-state index in [-0.39, 0.29) is 11.7 Å². The average Bonchev–Trinajstić information content (AvgIpc) is 3.18. The number of carbonyl (C=O) groups excluding carboxylic acids is 1. The van der Waals surface area contributed by atoms with Gasteiger partial charge in [-0.3, -0.25) is 4.79 Å². The third-order valence-electron chi connectivity index (χ3n) is 4.81. The zero-order valence-corrected chi connectivity index (χ0v) is 18.6. The van der Waals surface area contributed by atoms with Gasteiger partial charge in [0.25, 0.3) is 0 Å². The molecule has 0 saturated heterocycles. The van der Waals surface area contributed by atoms with E-state index in [4.69, 9.17) is 11.6 Å². The molecule has 0 fully saturated rings. The van der Waals surface area contributed by atoms with E-state index in [2.05, 4.69) is 10.2 Å². The molecule has 31 heavy (non-hydrogen) atoms. The molecule has 0 aliphatic carbocycles. The Hall–Kier alpha value is -3.09. The van der Waals surface area contributed by atoms with Gasteiger partial charge in [0, 0.05) is 23.3 Å². The van der Waals surface area contributed by atoms with E-state index in [9.17, 15) is 4.79 Å². The van der Waals surface area contributed by atoms with Crippen LogP contribution in [0.1, 0.15) is 5.56 Å². The lowest BCUT2D eigenvalue weighted by atomic mass is 10.2. The zero-order valence-electron chi connectivity index (χ0n) is 17.0. The number of rotatable bonds is 7. The summed E-state index contributed by atoms with van der Waals surface area (Å²) in [7, 11) is 1.90. The number of para-hydroxylation sites is 1. The lowest BCUT2D eigenvalue weighted by Crippen LogP contribution is -2.32. The Morgan fingerprint density at radius 2 is 1.58 bits per heavy atom. The summed E-state index contributed by atoms with van der Waals surface area (Å²) in [5.41, 5.74) is 2.87. The second kappa shape index (κ2) is 9.81. The van der Waals surface area contributed by atoms with Gasteiger partial charge in [0.2, 0.25) is 5.91 Å². The number of halogens is 1. The number of aromatic nitrogens is 3. The van der Waals surface area contributed by atoms with Crippen molar-refractivity contribution in [2.75, 3.05) is 10.7 Å². The first-order valence-corrected chi connectivity index (χ1v) is 11.2. The van der Waals surface area contributed by atoms with Gasteiger partial charge in [-0.15, -0.1) is 10.2 Å². The van der Waals surface area contributed by atoms with Crippen LogP contribution in [0, 0.1) is 0 Å². The number of carbonyl (C=O) groups is 1. The molecule has 0 saturated carbocycles. The number of thioether (sulfide) groups is 1. The number of nitrogens with zero attached hydrogens (tertiary/aromatic N) is 4. The van der Waals surface area contributed by atoms with Crippen molar-refractivity contribution in [3.8, 4) is 11.4 Å². The average molecular weight is 449 g/mol. The predicted octanol–water partition coefficient (Wildman–Crippen LogP) is 5.46. The van der Waals surface area contributed by atoms with Crippen molar-refractivity contribution in [3.63, 3.8) is 0 Å². The Bertz CT molecular complexity index is 1150. The lowest BCUT2D eigenvalue weighted by Gasteiger charge is -2.23. The highest BCUT2D eigenvalue weighted by Crippen LogP contribution is 2.25. The number of hydrogen-bond acceptors (Lipinski definition) is 4. The first-order chi connectivity index (χ1) is 15.1. The maximum atomic E-state index is 13.2. The van der Waals surface area contributed by atoms with Gasteiger partial charge in [0.15, 0.2) is 11.0 Å². The molecule has 1 aromatic heterocycles. The number of amides is 1. The van der Waals surface area contributed by atoms with E-state index >= 15 is 0 Å². The van der Waals surface area contributed by atoms with Crippen molar-refractivity contribution >= 4 is 35.0 Å². The van der Waals surface area contributed by atoms with E-state index in [0.29, 0.717) is 16.7 Å². The normalized spacial score (nSPS) is 10.8. The molecule has 7 heteroatoms. The summed E-state index contributed by atoms with van der Waals surface area (Å²) < 4.78 is 1.89. The minimum absolute atomic E-state index is 0.0103. The molecule has 0 unspecified atom stereocenters. The molecule has 0 N–H and O–H groups in total. The topological polar surface area (TPSA) is 51.0 Å². The molecule has 5 nitrogen and oxygen atoms in total. The molecule has 0 atom stereocenters. The Morgan fingerprint density at radius 1 is 0.935 bits per heavy atom. The number of anilines is 1. The maximum absolute atomic E-state index is 13.2. The summed E-state index contributed by atoms with van der Waals surface area (Å²) in [4.78, 5) is 15.0. The number of hydrogen-bond donors (Lipinski definition) is 0. The van der Waals surface area contributed by atoms with Crippen LogP contribution in [0.4, 0.5) is 5.69 Å². The Kier molecular flexibility index (Phi) is 6.70. The number of benzene rings is 3. The molecule has 0 spiro atoms. The molecular weight excluding hydrogens is 428 g/mol. The molecule has 3 aromatic carbocycles. The van der Waals surface area contributed by atoms with Gasteiger partial charge in [-0.2, -0.15) is 0 Å². The second-order valence-corrected chi connectivity index (χ2v) is 8.34. The second-order valence-electron chi connectivity index (χ2n) is 6.96. The van der Waals surface area contributed by atoms with Crippen molar-refractivity contribution in [1.29, 1.82) is 0 Å². The molecule has 0 radical (unpaired) electrons. The van der Waals surface area contributed by atoms with Crippen molar-refractivity contribution in [2.45, 2.75) is 11.7 Å². The summed E-state index contributed by atoms with van der Waals surface area (Å²) in [5.74, 6) is 1.00. The highest BCUT2D eigenvalue weighted by molar-refractivity contribution is 7.99. The van der Waals surface area contributed by atoms with E-state index in [1.54, 1.807) is 4.90 Å². The quantitative estimate of drug-likeness (QED) is 0.352. The Labute approximate surface area is 190 Å². The SMILES string of the molecule is Cn1c(SCC(=O)N(Cc2ccccc2)c2ccccc2)nnc1-c1ccc(Cl)cc1. The van der Waals surface area contributed by atoms with E-state index in [1.165, 1.54) is 11.8 Å². The highest BCUT2D eigenvalue weighted by Gasteiger charge is 2.19. The first kappa shape index (κ1) is 21.2. The van der Waals surface area contributed by atoms with Crippen molar-refractivity contribution in [1.82, 2.24) is 14.8 Å². The summed E-state index contributed by atoms with van der Waals surface area (Å²) >= 11 is 7.36. The molecule has 0 aliphatic rings. The van der Waals surface area contributed by atoms with Crippen LogP contribution in [-0.2, 0) is 18.4 Å². The fourth-order valence-electron chi connectivity index (χ4n) is 3.19. The summed E-state index contributed by atoms with van der Waals surface area (Å²) in [6, 6.07) is 27.2. The van der Waals surface area contributed by atoms with Gasteiger partial charge >= 0.3 is 0 Å². The lowest BCUT2D eigenvalue weighted by molar-refractivity contribution is -0.116. The molecule has 0 aliphatic heterocycles. The summed E-state index contributed by atoms with van der Waals surface area (Å²) in [6.07, 6.45) is 0.